The van der Waals surface area contributed by atoms with Gasteiger partial charge in [0.25, 0.3) is 0 Å². The minimum atomic E-state index is 0.512. The van der Waals surface area contributed by atoms with Crippen molar-refractivity contribution in [2.45, 2.75) is 26.2 Å². The minimum absolute atomic E-state index is 0.512. The predicted octanol–water partition coefficient (Wildman–Crippen LogP) is 2.18. The molecule has 0 fully saturated rings. The maximum atomic E-state index is 5.61. The smallest absolute Gasteiger partial charge is 0.0452 e. The van der Waals surface area contributed by atoms with Gasteiger partial charge in [-0.05, 0) is 24.5 Å². The Hall–Kier alpha value is -1.05. The molecular weight excluding hydrogens is 136 g/mol. The van der Waals surface area contributed by atoms with Crippen molar-refractivity contribution in [2.24, 2.45) is 0 Å². The zero-order valence-electron chi connectivity index (χ0n) is 7.04. The number of rotatable bonds is 2. The summed E-state index contributed by atoms with van der Waals surface area (Å²) >= 11 is 0. The first-order valence-corrected chi connectivity index (χ1v) is 3.95. The molecule has 0 aliphatic carbocycles. The fraction of sp³-hybridized carbons (Fsp3) is 0.444. The summed E-state index contributed by atoms with van der Waals surface area (Å²) in [5.74, 6) is 0.512. The fourth-order valence-electron chi connectivity index (χ4n) is 0.944. The van der Waals surface area contributed by atoms with Crippen molar-refractivity contribution in [3.8, 4) is 0 Å². The zero-order chi connectivity index (χ0) is 8.27. The lowest BCUT2D eigenvalue weighted by Gasteiger charge is -2.07. The first-order valence-electron chi connectivity index (χ1n) is 3.95. The van der Waals surface area contributed by atoms with Gasteiger partial charge < -0.3 is 5.73 Å². The molecule has 1 heterocycles. The average Bonchev–Trinajstić information content (AvgIpc) is 2.03. The molecule has 11 heavy (non-hydrogen) atoms. The van der Waals surface area contributed by atoms with Crippen molar-refractivity contribution in [1.29, 1.82) is 0 Å². The minimum Gasteiger partial charge on any atom is -0.399 e. The lowest BCUT2D eigenvalue weighted by atomic mass is 10.0. The third-order valence-corrected chi connectivity index (χ3v) is 1.92. The number of anilines is 1. The zero-order valence-corrected chi connectivity index (χ0v) is 7.04. The highest BCUT2D eigenvalue weighted by Gasteiger charge is 2.02. The topological polar surface area (TPSA) is 38.9 Å². The number of hydrogen-bond donors (Lipinski definition) is 1. The second kappa shape index (κ2) is 3.37. The number of hydrogen-bond acceptors (Lipinski definition) is 2. The number of nitrogens with two attached hydrogens (primary N) is 1. The van der Waals surface area contributed by atoms with Crippen LogP contribution < -0.4 is 5.73 Å². The molecule has 1 atom stereocenters. The van der Waals surface area contributed by atoms with Crippen molar-refractivity contribution in [2.75, 3.05) is 5.73 Å². The lowest BCUT2D eigenvalue weighted by Crippen LogP contribution is -1.96. The number of pyridine rings is 1. The average molecular weight is 150 g/mol. The van der Waals surface area contributed by atoms with Gasteiger partial charge in [0.05, 0.1) is 0 Å². The van der Waals surface area contributed by atoms with Gasteiger partial charge in [0, 0.05) is 17.6 Å². The van der Waals surface area contributed by atoms with Gasteiger partial charge in [0.2, 0.25) is 0 Å². The molecular formula is C9H14N2. The van der Waals surface area contributed by atoms with Crippen LogP contribution in [0.3, 0.4) is 0 Å². The molecule has 1 aromatic rings. The Labute approximate surface area is 67.5 Å². The molecule has 60 valence electrons. The summed E-state index contributed by atoms with van der Waals surface area (Å²) in [6.45, 7) is 4.30. The van der Waals surface area contributed by atoms with E-state index in [1.807, 2.05) is 12.1 Å². The van der Waals surface area contributed by atoms with Crippen molar-refractivity contribution < 1.29 is 0 Å². The van der Waals surface area contributed by atoms with E-state index in [4.69, 9.17) is 5.73 Å². The molecule has 0 spiro atoms. The second-order valence-electron chi connectivity index (χ2n) is 2.82. The second-order valence-corrected chi connectivity index (χ2v) is 2.82. The summed E-state index contributed by atoms with van der Waals surface area (Å²) in [5.41, 5.74) is 7.50. The van der Waals surface area contributed by atoms with Crippen LogP contribution in [0, 0.1) is 0 Å². The van der Waals surface area contributed by atoms with E-state index in [0.29, 0.717) is 5.92 Å². The van der Waals surface area contributed by atoms with E-state index >= 15 is 0 Å². The van der Waals surface area contributed by atoms with E-state index in [-0.39, 0.29) is 0 Å². The Morgan fingerprint density at radius 3 is 2.91 bits per heavy atom. The standard InChI is InChI=1S/C9H14N2/c1-3-7(2)9-6-8(10)4-5-11-9/h4-7H,3H2,1-2H3,(H2,10,11). The van der Waals surface area contributed by atoms with Gasteiger partial charge in [-0.25, -0.2) is 0 Å². The molecule has 1 aromatic heterocycles. The van der Waals surface area contributed by atoms with E-state index in [1.54, 1.807) is 6.20 Å². The van der Waals surface area contributed by atoms with Gasteiger partial charge in [-0.15, -0.1) is 0 Å². The van der Waals surface area contributed by atoms with Crippen LogP contribution in [-0.4, -0.2) is 4.98 Å². The molecule has 0 aliphatic rings. The molecule has 0 bridgehead atoms. The van der Waals surface area contributed by atoms with Gasteiger partial charge in [-0.1, -0.05) is 13.8 Å². The first kappa shape index (κ1) is 8.05. The molecule has 1 unspecified atom stereocenters. The molecule has 0 amide bonds. The Balaban J connectivity index is 2.86. The van der Waals surface area contributed by atoms with Crippen molar-refractivity contribution in [1.82, 2.24) is 4.98 Å². The quantitative estimate of drug-likeness (QED) is 0.701. The van der Waals surface area contributed by atoms with Crippen LogP contribution in [0.1, 0.15) is 31.9 Å². The molecule has 0 saturated heterocycles. The summed E-state index contributed by atoms with van der Waals surface area (Å²) in [6.07, 6.45) is 2.87. The molecule has 2 N–H and O–H groups in total. The van der Waals surface area contributed by atoms with Crippen LogP contribution >= 0.6 is 0 Å². The normalized spacial score (nSPS) is 12.9. The third-order valence-electron chi connectivity index (χ3n) is 1.92. The number of nitrogens with zero attached hydrogens (tertiary/aromatic N) is 1. The summed E-state index contributed by atoms with van der Waals surface area (Å²) in [7, 11) is 0. The van der Waals surface area contributed by atoms with Crippen LogP contribution in [0.2, 0.25) is 0 Å². The Kier molecular flexibility index (Phi) is 2.47. The van der Waals surface area contributed by atoms with Crippen LogP contribution in [0.5, 0.6) is 0 Å². The van der Waals surface area contributed by atoms with Crippen molar-refractivity contribution in [3.05, 3.63) is 24.0 Å². The maximum absolute atomic E-state index is 5.61. The molecule has 0 saturated carbocycles. The number of nitrogen functional groups attached to an aromatic ring is 1. The molecule has 1 rings (SSSR count). The highest BCUT2D eigenvalue weighted by atomic mass is 14.7. The number of aromatic nitrogens is 1. The fourth-order valence-corrected chi connectivity index (χ4v) is 0.944. The van der Waals surface area contributed by atoms with E-state index in [0.717, 1.165) is 17.8 Å². The van der Waals surface area contributed by atoms with E-state index in [9.17, 15) is 0 Å². The summed E-state index contributed by atoms with van der Waals surface area (Å²) < 4.78 is 0. The van der Waals surface area contributed by atoms with E-state index < -0.39 is 0 Å². The van der Waals surface area contributed by atoms with Gasteiger partial charge in [-0.2, -0.15) is 0 Å². The SMILES string of the molecule is CCC(C)c1cc(N)ccn1. The van der Waals surface area contributed by atoms with E-state index in [1.165, 1.54) is 0 Å². The van der Waals surface area contributed by atoms with Crippen LogP contribution in [0.4, 0.5) is 5.69 Å². The van der Waals surface area contributed by atoms with Gasteiger partial charge in [0.15, 0.2) is 0 Å². The Bertz CT molecular complexity index is 233. The summed E-state index contributed by atoms with van der Waals surface area (Å²) in [5, 5.41) is 0. The predicted molar refractivity (Wildman–Crippen MR) is 47.4 cm³/mol. The monoisotopic (exact) mass is 150 g/mol. The molecule has 2 nitrogen and oxygen atoms in total. The lowest BCUT2D eigenvalue weighted by molar-refractivity contribution is 0.708. The molecule has 2 heteroatoms. The van der Waals surface area contributed by atoms with Gasteiger partial charge >= 0.3 is 0 Å². The van der Waals surface area contributed by atoms with Crippen LogP contribution in [-0.2, 0) is 0 Å². The highest BCUT2D eigenvalue weighted by molar-refractivity contribution is 5.37. The van der Waals surface area contributed by atoms with Crippen molar-refractivity contribution in [3.63, 3.8) is 0 Å². The van der Waals surface area contributed by atoms with E-state index in [2.05, 4.69) is 18.8 Å². The maximum Gasteiger partial charge on any atom is 0.0452 e. The van der Waals surface area contributed by atoms with Crippen molar-refractivity contribution >= 4 is 5.69 Å². The van der Waals surface area contributed by atoms with Crippen LogP contribution in [0.25, 0.3) is 0 Å². The third kappa shape index (κ3) is 1.93. The van der Waals surface area contributed by atoms with Gasteiger partial charge in [0.1, 0.15) is 0 Å². The molecule has 0 aliphatic heterocycles. The first-order chi connectivity index (χ1) is 5.24. The Morgan fingerprint density at radius 1 is 1.64 bits per heavy atom. The Morgan fingerprint density at radius 2 is 2.36 bits per heavy atom. The van der Waals surface area contributed by atoms with Crippen LogP contribution in [0.15, 0.2) is 18.3 Å². The summed E-state index contributed by atoms with van der Waals surface area (Å²) in [6, 6.07) is 3.75. The highest BCUT2D eigenvalue weighted by Crippen LogP contribution is 2.17. The summed E-state index contributed by atoms with van der Waals surface area (Å²) in [4.78, 5) is 4.23. The largest absolute Gasteiger partial charge is 0.399 e. The molecule has 0 aromatic carbocycles. The molecule has 0 radical (unpaired) electrons. The van der Waals surface area contributed by atoms with Gasteiger partial charge in [-0.3, -0.25) is 4.98 Å².